The first-order valence-corrected chi connectivity index (χ1v) is 8.30. The summed E-state index contributed by atoms with van der Waals surface area (Å²) in [5, 5.41) is 14.9. The number of pyridine rings is 1. The summed E-state index contributed by atoms with van der Waals surface area (Å²) in [4.78, 5) is 16.3. The second-order valence-electron chi connectivity index (χ2n) is 5.78. The molecule has 128 valence electrons. The number of nitriles is 1. The molecule has 1 heterocycles. The van der Waals surface area contributed by atoms with Gasteiger partial charge in [-0.05, 0) is 42.3 Å². The van der Waals surface area contributed by atoms with Crippen LogP contribution in [0.25, 0.3) is 0 Å². The number of anilines is 3. The second kappa shape index (κ2) is 8.45. The van der Waals surface area contributed by atoms with Crippen molar-refractivity contribution in [2.45, 2.75) is 12.8 Å². The van der Waals surface area contributed by atoms with Crippen LogP contribution in [-0.4, -0.2) is 10.9 Å². The van der Waals surface area contributed by atoms with Crippen LogP contribution in [0.1, 0.15) is 17.5 Å². The first-order valence-electron chi connectivity index (χ1n) is 8.30. The highest BCUT2D eigenvalue weighted by Gasteiger charge is 2.04. The highest BCUT2D eigenvalue weighted by molar-refractivity contribution is 5.90. The number of benzene rings is 2. The van der Waals surface area contributed by atoms with Crippen molar-refractivity contribution in [2.24, 2.45) is 0 Å². The lowest BCUT2D eigenvalue weighted by atomic mass is 10.1. The zero-order valence-electron chi connectivity index (χ0n) is 14.1. The summed E-state index contributed by atoms with van der Waals surface area (Å²) in [7, 11) is 0. The Morgan fingerprint density at radius 3 is 2.58 bits per heavy atom. The summed E-state index contributed by atoms with van der Waals surface area (Å²) in [5.41, 5.74) is 3.16. The SMILES string of the molecule is N#Cc1cccc(Nc2ccc(NC(=O)CCc3ccccc3)cn2)c1. The number of rotatable bonds is 6. The van der Waals surface area contributed by atoms with Gasteiger partial charge in [0.15, 0.2) is 0 Å². The Balaban J connectivity index is 1.54. The fraction of sp³-hybridized carbons (Fsp3) is 0.0952. The molecule has 1 amide bonds. The number of amides is 1. The van der Waals surface area contributed by atoms with E-state index in [9.17, 15) is 4.79 Å². The van der Waals surface area contributed by atoms with Crippen molar-refractivity contribution in [1.82, 2.24) is 4.98 Å². The minimum absolute atomic E-state index is 0.0434. The van der Waals surface area contributed by atoms with Gasteiger partial charge in [0.2, 0.25) is 5.91 Å². The summed E-state index contributed by atoms with van der Waals surface area (Å²) in [5.74, 6) is 0.598. The third kappa shape index (κ3) is 4.92. The Bertz CT molecular complexity index is 915. The van der Waals surface area contributed by atoms with E-state index in [0.717, 1.165) is 11.3 Å². The van der Waals surface area contributed by atoms with E-state index in [1.807, 2.05) is 42.5 Å². The van der Waals surface area contributed by atoms with Crippen LogP contribution in [0.4, 0.5) is 17.2 Å². The van der Waals surface area contributed by atoms with E-state index in [1.54, 1.807) is 30.5 Å². The van der Waals surface area contributed by atoms with Gasteiger partial charge >= 0.3 is 0 Å². The van der Waals surface area contributed by atoms with E-state index in [4.69, 9.17) is 5.26 Å². The van der Waals surface area contributed by atoms with E-state index in [2.05, 4.69) is 21.7 Å². The quantitative estimate of drug-likeness (QED) is 0.701. The van der Waals surface area contributed by atoms with Crippen LogP contribution in [0.2, 0.25) is 0 Å². The number of nitrogens with zero attached hydrogens (tertiary/aromatic N) is 2. The van der Waals surface area contributed by atoms with Crippen LogP contribution in [0, 0.1) is 11.3 Å². The average molecular weight is 342 g/mol. The van der Waals surface area contributed by atoms with Crippen molar-refractivity contribution < 1.29 is 4.79 Å². The van der Waals surface area contributed by atoms with Crippen LogP contribution in [0.15, 0.2) is 72.9 Å². The van der Waals surface area contributed by atoms with Crippen molar-refractivity contribution in [2.75, 3.05) is 10.6 Å². The molecule has 0 saturated heterocycles. The van der Waals surface area contributed by atoms with Crippen molar-refractivity contribution in [3.8, 4) is 6.07 Å². The van der Waals surface area contributed by atoms with Gasteiger partial charge in [0.25, 0.3) is 0 Å². The fourth-order valence-electron chi connectivity index (χ4n) is 2.48. The molecule has 0 saturated carbocycles. The molecular formula is C21H18N4O. The molecule has 0 atom stereocenters. The van der Waals surface area contributed by atoms with Crippen LogP contribution in [-0.2, 0) is 11.2 Å². The largest absolute Gasteiger partial charge is 0.340 e. The Kier molecular flexibility index (Phi) is 5.58. The molecule has 3 aromatic rings. The van der Waals surface area contributed by atoms with E-state index < -0.39 is 0 Å². The molecule has 0 fully saturated rings. The normalized spacial score (nSPS) is 9.96. The average Bonchev–Trinajstić information content (AvgIpc) is 2.69. The van der Waals surface area contributed by atoms with Crippen molar-refractivity contribution in [1.29, 1.82) is 5.26 Å². The Morgan fingerprint density at radius 1 is 1.00 bits per heavy atom. The van der Waals surface area contributed by atoms with Gasteiger partial charge in [0, 0.05) is 12.1 Å². The number of carbonyl (C=O) groups is 1. The molecule has 2 aromatic carbocycles. The molecule has 5 nitrogen and oxygen atoms in total. The summed E-state index contributed by atoms with van der Waals surface area (Å²) in [6, 6.07) is 22.8. The third-order valence-corrected chi connectivity index (χ3v) is 3.79. The molecule has 26 heavy (non-hydrogen) atoms. The smallest absolute Gasteiger partial charge is 0.224 e. The Hall–Kier alpha value is -3.65. The van der Waals surface area contributed by atoms with Gasteiger partial charge in [-0.25, -0.2) is 4.98 Å². The summed E-state index contributed by atoms with van der Waals surface area (Å²) in [6.07, 6.45) is 2.73. The number of hydrogen-bond donors (Lipinski definition) is 2. The topological polar surface area (TPSA) is 77.8 Å². The zero-order valence-corrected chi connectivity index (χ0v) is 14.1. The van der Waals surface area contributed by atoms with E-state index in [0.29, 0.717) is 29.9 Å². The summed E-state index contributed by atoms with van der Waals surface area (Å²) in [6.45, 7) is 0. The lowest BCUT2D eigenvalue weighted by molar-refractivity contribution is -0.116. The van der Waals surface area contributed by atoms with Gasteiger partial charge in [-0.1, -0.05) is 36.4 Å². The fourth-order valence-corrected chi connectivity index (χ4v) is 2.48. The molecule has 3 rings (SSSR count). The molecule has 0 unspecified atom stereocenters. The molecule has 0 aliphatic heterocycles. The molecule has 0 spiro atoms. The number of carbonyl (C=O) groups excluding carboxylic acids is 1. The monoisotopic (exact) mass is 342 g/mol. The van der Waals surface area contributed by atoms with E-state index in [-0.39, 0.29) is 5.91 Å². The first-order chi connectivity index (χ1) is 12.7. The molecule has 2 N–H and O–H groups in total. The maximum Gasteiger partial charge on any atom is 0.224 e. The van der Waals surface area contributed by atoms with E-state index >= 15 is 0 Å². The standard InChI is InChI=1S/C21H18N4O/c22-14-17-7-4-8-18(13-17)24-20-11-10-19(15-23-20)25-21(26)12-9-16-5-2-1-3-6-16/h1-8,10-11,13,15H,9,12H2,(H,23,24)(H,25,26). The van der Waals surface area contributed by atoms with Crippen LogP contribution in [0.3, 0.4) is 0 Å². The minimum atomic E-state index is -0.0434. The predicted molar refractivity (Wildman–Crippen MR) is 102 cm³/mol. The molecule has 0 radical (unpaired) electrons. The van der Waals surface area contributed by atoms with E-state index in [1.165, 1.54) is 0 Å². The summed E-state index contributed by atoms with van der Waals surface area (Å²) < 4.78 is 0. The maximum absolute atomic E-state index is 12.0. The lowest BCUT2D eigenvalue weighted by Crippen LogP contribution is -2.12. The van der Waals surface area contributed by atoms with Gasteiger partial charge in [0.1, 0.15) is 5.82 Å². The first kappa shape index (κ1) is 17.2. The van der Waals surface area contributed by atoms with Gasteiger partial charge in [0.05, 0.1) is 23.5 Å². The van der Waals surface area contributed by atoms with Crippen LogP contribution in [0.5, 0.6) is 0 Å². The number of hydrogen-bond acceptors (Lipinski definition) is 4. The second-order valence-corrected chi connectivity index (χ2v) is 5.78. The van der Waals surface area contributed by atoms with Crippen molar-refractivity contribution in [3.05, 3.63) is 84.1 Å². The highest BCUT2D eigenvalue weighted by atomic mass is 16.1. The Labute approximate surface area is 152 Å². The lowest BCUT2D eigenvalue weighted by Gasteiger charge is -2.08. The van der Waals surface area contributed by atoms with Gasteiger partial charge in [-0.15, -0.1) is 0 Å². The molecule has 0 aliphatic rings. The molecular weight excluding hydrogens is 324 g/mol. The van der Waals surface area contributed by atoms with Gasteiger partial charge in [-0.2, -0.15) is 5.26 Å². The maximum atomic E-state index is 12.0. The molecule has 5 heteroatoms. The Morgan fingerprint density at radius 2 is 1.85 bits per heavy atom. The number of aryl methyl sites for hydroxylation is 1. The van der Waals surface area contributed by atoms with Gasteiger partial charge in [-0.3, -0.25) is 4.79 Å². The third-order valence-electron chi connectivity index (χ3n) is 3.79. The molecule has 0 aliphatic carbocycles. The summed E-state index contributed by atoms with van der Waals surface area (Å²) >= 11 is 0. The zero-order chi connectivity index (χ0) is 18.2. The van der Waals surface area contributed by atoms with Crippen LogP contribution < -0.4 is 10.6 Å². The van der Waals surface area contributed by atoms with Crippen LogP contribution >= 0.6 is 0 Å². The predicted octanol–water partition coefficient (Wildman–Crippen LogP) is 4.27. The van der Waals surface area contributed by atoms with Crippen molar-refractivity contribution >= 4 is 23.1 Å². The molecule has 1 aromatic heterocycles. The number of aromatic nitrogens is 1. The highest BCUT2D eigenvalue weighted by Crippen LogP contribution is 2.17. The van der Waals surface area contributed by atoms with Gasteiger partial charge < -0.3 is 10.6 Å². The molecule has 0 bridgehead atoms. The number of nitrogens with one attached hydrogen (secondary N) is 2. The van der Waals surface area contributed by atoms with Crippen molar-refractivity contribution in [3.63, 3.8) is 0 Å². The minimum Gasteiger partial charge on any atom is -0.340 e.